The molecule has 5 rings (SSSR count). The number of fused-ring (bicyclic) bond motifs is 1. The predicted molar refractivity (Wildman–Crippen MR) is 150 cm³/mol. The standard InChI is InChI=1S/C33H31N3O/c34-23-26-15-13-25(14-16-26)17-20-33(37)36-21-7-12-29-22-30(18-19-32(29)36)35-24-31(27-8-3-1-4-9-27)28-10-5-2-6-11-28/h1-6,8-11,13-16,18-19,22,31,35H,7,12,17,20-21,24H2. The van der Waals surface area contributed by atoms with Crippen molar-refractivity contribution < 1.29 is 4.79 Å². The number of carbonyl (C=O) groups is 1. The van der Waals surface area contributed by atoms with Gasteiger partial charge in [-0.2, -0.15) is 5.26 Å². The fourth-order valence-electron chi connectivity index (χ4n) is 5.12. The number of nitrogens with zero attached hydrogens (tertiary/aromatic N) is 2. The highest BCUT2D eigenvalue weighted by molar-refractivity contribution is 5.95. The van der Waals surface area contributed by atoms with Gasteiger partial charge in [0.05, 0.1) is 11.6 Å². The van der Waals surface area contributed by atoms with Crippen LogP contribution in [0.25, 0.3) is 0 Å². The van der Waals surface area contributed by atoms with Crippen molar-refractivity contribution in [1.82, 2.24) is 0 Å². The number of nitrogens with one attached hydrogen (secondary N) is 1. The number of amides is 1. The highest BCUT2D eigenvalue weighted by atomic mass is 16.2. The zero-order chi connectivity index (χ0) is 25.5. The van der Waals surface area contributed by atoms with Crippen LogP contribution < -0.4 is 10.2 Å². The van der Waals surface area contributed by atoms with Gasteiger partial charge < -0.3 is 10.2 Å². The molecule has 184 valence electrons. The summed E-state index contributed by atoms with van der Waals surface area (Å²) in [6.07, 6.45) is 3.08. The summed E-state index contributed by atoms with van der Waals surface area (Å²) in [5.74, 6) is 0.401. The summed E-state index contributed by atoms with van der Waals surface area (Å²) < 4.78 is 0. The minimum atomic E-state index is 0.152. The van der Waals surface area contributed by atoms with Crippen LogP contribution in [0, 0.1) is 11.3 Å². The van der Waals surface area contributed by atoms with Gasteiger partial charge in [-0.1, -0.05) is 72.8 Å². The molecule has 0 bridgehead atoms. The van der Waals surface area contributed by atoms with E-state index in [4.69, 9.17) is 5.26 Å². The maximum Gasteiger partial charge on any atom is 0.227 e. The molecule has 0 atom stereocenters. The van der Waals surface area contributed by atoms with Crippen molar-refractivity contribution in [2.45, 2.75) is 31.6 Å². The minimum absolute atomic E-state index is 0.152. The molecule has 1 aliphatic heterocycles. The number of aryl methyl sites for hydroxylation is 2. The average molecular weight is 486 g/mol. The Morgan fingerprint density at radius 3 is 2.22 bits per heavy atom. The van der Waals surface area contributed by atoms with Gasteiger partial charge >= 0.3 is 0 Å². The molecule has 1 amide bonds. The lowest BCUT2D eigenvalue weighted by atomic mass is 9.91. The highest BCUT2D eigenvalue weighted by Gasteiger charge is 2.23. The smallest absolute Gasteiger partial charge is 0.227 e. The van der Waals surface area contributed by atoms with Crippen molar-refractivity contribution in [2.75, 3.05) is 23.3 Å². The summed E-state index contributed by atoms with van der Waals surface area (Å²) in [7, 11) is 0. The van der Waals surface area contributed by atoms with Crippen molar-refractivity contribution in [1.29, 1.82) is 5.26 Å². The molecule has 4 nitrogen and oxygen atoms in total. The highest BCUT2D eigenvalue weighted by Crippen LogP contribution is 2.31. The molecule has 1 heterocycles. The Morgan fingerprint density at radius 1 is 0.892 bits per heavy atom. The number of benzene rings is 4. The number of hydrogen-bond donors (Lipinski definition) is 1. The quantitative estimate of drug-likeness (QED) is 0.302. The average Bonchev–Trinajstić information content (AvgIpc) is 2.97. The fraction of sp³-hybridized carbons (Fsp3) is 0.212. The molecular weight excluding hydrogens is 454 g/mol. The van der Waals surface area contributed by atoms with E-state index in [1.165, 1.54) is 16.7 Å². The molecular formula is C33H31N3O. The van der Waals surface area contributed by atoms with E-state index in [1.54, 1.807) is 0 Å². The zero-order valence-corrected chi connectivity index (χ0v) is 20.9. The Kier molecular flexibility index (Phi) is 7.62. The third-order valence-electron chi connectivity index (χ3n) is 7.12. The van der Waals surface area contributed by atoms with Crippen LogP contribution in [0.1, 0.15) is 46.6 Å². The summed E-state index contributed by atoms with van der Waals surface area (Å²) in [5, 5.41) is 12.6. The second kappa shape index (κ2) is 11.6. The number of anilines is 2. The van der Waals surface area contributed by atoms with Crippen LogP contribution >= 0.6 is 0 Å². The topological polar surface area (TPSA) is 56.1 Å². The first-order valence-corrected chi connectivity index (χ1v) is 13.0. The molecule has 0 spiro atoms. The van der Waals surface area contributed by atoms with E-state index >= 15 is 0 Å². The molecule has 0 radical (unpaired) electrons. The largest absolute Gasteiger partial charge is 0.384 e. The molecule has 0 aromatic heterocycles. The fourth-order valence-corrected chi connectivity index (χ4v) is 5.12. The first-order chi connectivity index (χ1) is 18.2. The second-order valence-corrected chi connectivity index (χ2v) is 9.56. The summed E-state index contributed by atoms with van der Waals surface area (Å²) >= 11 is 0. The predicted octanol–water partition coefficient (Wildman–Crippen LogP) is 6.71. The molecule has 0 aliphatic carbocycles. The van der Waals surface area contributed by atoms with Crippen molar-refractivity contribution in [3.05, 3.63) is 131 Å². The van der Waals surface area contributed by atoms with Gasteiger partial charge in [0.15, 0.2) is 0 Å². The first kappa shape index (κ1) is 24.3. The monoisotopic (exact) mass is 485 g/mol. The molecule has 4 aromatic rings. The molecule has 37 heavy (non-hydrogen) atoms. The molecule has 0 unspecified atom stereocenters. The van der Waals surface area contributed by atoms with Crippen LogP contribution in [-0.4, -0.2) is 19.0 Å². The summed E-state index contributed by atoms with van der Waals surface area (Å²) in [6.45, 7) is 1.55. The van der Waals surface area contributed by atoms with Crippen LogP contribution in [0.3, 0.4) is 0 Å². The number of carbonyl (C=O) groups excluding carboxylic acids is 1. The third kappa shape index (κ3) is 5.90. The Balaban J connectivity index is 1.26. The van der Waals surface area contributed by atoms with E-state index in [0.29, 0.717) is 18.4 Å². The maximum atomic E-state index is 13.1. The van der Waals surface area contributed by atoms with Gasteiger partial charge in [0.25, 0.3) is 0 Å². The van der Waals surface area contributed by atoms with E-state index < -0.39 is 0 Å². The van der Waals surface area contributed by atoms with Crippen molar-refractivity contribution in [3.8, 4) is 6.07 Å². The lowest BCUT2D eigenvalue weighted by Crippen LogP contribution is -2.35. The van der Waals surface area contributed by atoms with Crippen LogP contribution in [0.5, 0.6) is 0 Å². The Labute approximate surface area is 219 Å². The van der Waals surface area contributed by atoms with E-state index in [0.717, 1.165) is 42.9 Å². The van der Waals surface area contributed by atoms with Crippen LogP contribution in [0.4, 0.5) is 11.4 Å². The molecule has 4 aromatic carbocycles. The van der Waals surface area contributed by atoms with E-state index in [9.17, 15) is 4.79 Å². The van der Waals surface area contributed by atoms with Crippen LogP contribution in [0.15, 0.2) is 103 Å². The molecule has 0 fully saturated rings. The molecule has 4 heteroatoms. The molecule has 1 aliphatic rings. The second-order valence-electron chi connectivity index (χ2n) is 9.56. The van der Waals surface area contributed by atoms with E-state index in [2.05, 4.69) is 90.2 Å². The Bertz CT molecular complexity index is 1340. The van der Waals surface area contributed by atoms with Gasteiger partial charge in [0.2, 0.25) is 5.91 Å². The van der Waals surface area contributed by atoms with Gasteiger partial charge in [-0.15, -0.1) is 0 Å². The Hall–Kier alpha value is -4.36. The molecule has 1 N–H and O–H groups in total. The zero-order valence-electron chi connectivity index (χ0n) is 20.9. The van der Waals surface area contributed by atoms with Gasteiger partial charge in [0, 0.05) is 36.8 Å². The summed E-state index contributed by atoms with van der Waals surface area (Å²) in [4.78, 5) is 15.1. The molecule has 0 saturated heterocycles. The van der Waals surface area contributed by atoms with Gasteiger partial charge in [-0.05, 0) is 71.8 Å². The summed E-state index contributed by atoms with van der Waals surface area (Å²) in [6, 6.07) is 37.3. The van der Waals surface area contributed by atoms with E-state index in [-0.39, 0.29) is 11.8 Å². The van der Waals surface area contributed by atoms with Crippen LogP contribution in [-0.2, 0) is 17.6 Å². The van der Waals surface area contributed by atoms with Crippen LogP contribution in [0.2, 0.25) is 0 Å². The van der Waals surface area contributed by atoms with E-state index in [1.807, 2.05) is 29.2 Å². The number of nitriles is 1. The SMILES string of the molecule is N#Cc1ccc(CCC(=O)N2CCCc3cc(NCC(c4ccccc4)c4ccccc4)ccc32)cc1. The van der Waals surface area contributed by atoms with Crippen molar-refractivity contribution >= 4 is 17.3 Å². The Morgan fingerprint density at radius 2 is 1.57 bits per heavy atom. The molecule has 0 saturated carbocycles. The van der Waals surface area contributed by atoms with Crippen molar-refractivity contribution in [2.24, 2.45) is 0 Å². The number of rotatable bonds is 8. The summed E-state index contributed by atoms with van der Waals surface area (Å²) in [5.41, 5.74) is 7.64. The van der Waals surface area contributed by atoms with Gasteiger partial charge in [0.1, 0.15) is 0 Å². The van der Waals surface area contributed by atoms with Gasteiger partial charge in [-0.25, -0.2) is 0 Å². The van der Waals surface area contributed by atoms with Gasteiger partial charge in [-0.3, -0.25) is 4.79 Å². The number of hydrogen-bond acceptors (Lipinski definition) is 3. The maximum absolute atomic E-state index is 13.1. The first-order valence-electron chi connectivity index (χ1n) is 13.0. The lowest BCUT2D eigenvalue weighted by Gasteiger charge is -2.30. The lowest BCUT2D eigenvalue weighted by molar-refractivity contribution is -0.118. The van der Waals surface area contributed by atoms with Crippen molar-refractivity contribution in [3.63, 3.8) is 0 Å². The minimum Gasteiger partial charge on any atom is -0.384 e. The normalized spacial score (nSPS) is 12.6. The third-order valence-corrected chi connectivity index (χ3v) is 7.12.